The summed E-state index contributed by atoms with van der Waals surface area (Å²) in [5, 5.41) is 0. The van der Waals surface area contributed by atoms with E-state index in [1.165, 1.54) is 56.9 Å². The van der Waals surface area contributed by atoms with Crippen LogP contribution >= 0.6 is 0 Å². The van der Waals surface area contributed by atoms with E-state index in [4.69, 9.17) is 9.47 Å². The zero-order valence-electron chi connectivity index (χ0n) is 19.0. The highest BCUT2D eigenvalue weighted by Crippen LogP contribution is 2.19. The van der Waals surface area contributed by atoms with Gasteiger partial charge in [0.25, 0.3) is 0 Å². The second kappa shape index (κ2) is 13.8. The molecule has 0 N–H and O–H groups in total. The number of ether oxygens (including phenoxy) is 2. The van der Waals surface area contributed by atoms with Crippen LogP contribution in [0.5, 0.6) is 11.5 Å². The Morgan fingerprint density at radius 3 is 2.10 bits per heavy atom. The van der Waals surface area contributed by atoms with Crippen molar-refractivity contribution in [3.63, 3.8) is 0 Å². The Kier molecular flexibility index (Phi) is 11.1. The molecule has 164 valence electrons. The van der Waals surface area contributed by atoms with Gasteiger partial charge in [0, 0.05) is 0 Å². The van der Waals surface area contributed by atoms with Crippen molar-refractivity contribution < 1.29 is 14.3 Å². The summed E-state index contributed by atoms with van der Waals surface area (Å²) < 4.78 is 11.4. The van der Waals surface area contributed by atoms with Gasteiger partial charge in [0.15, 0.2) is 0 Å². The number of unbranched alkanes of at least 4 members (excludes halogenated alkanes) is 5. The average Bonchev–Trinajstić information content (AvgIpc) is 2.77. The molecule has 0 heterocycles. The Morgan fingerprint density at radius 2 is 1.43 bits per heavy atom. The van der Waals surface area contributed by atoms with Crippen LogP contribution < -0.4 is 9.47 Å². The molecule has 0 amide bonds. The molecule has 0 saturated heterocycles. The molecule has 0 aromatic heterocycles. The molecule has 0 saturated carbocycles. The summed E-state index contributed by atoms with van der Waals surface area (Å²) in [6.07, 6.45) is 11.1. The molecule has 0 aliphatic rings. The van der Waals surface area contributed by atoms with Crippen molar-refractivity contribution in [1.29, 1.82) is 0 Å². The summed E-state index contributed by atoms with van der Waals surface area (Å²) in [5.41, 5.74) is 1.81. The zero-order chi connectivity index (χ0) is 21.6. The van der Waals surface area contributed by atoms with E-state index in [-0.39, 0.29) is 5.97 Å². The fourth-order valence-corrected chi connectivity index (χ4v) is 3.40. The highest BCUT2D eigenvalue weighted by atomic mass is 16.5. The van der Waals surface area contributed by atoms with E-state index in [9.17, 15) is 4.79 Å². The van der Waals surface area contributed by atoms with Gasteiger partial charge in [-0.15, -0.1) is 0 Å². The lowest BCUT2D eigenvalue weighted by Gasteiger charge is -2.13. The maximum absolute atomic E-state index is 12.4. The number of aryl methyl sites for hydroxylation is 1. The van der Waals surface area contributed by atoms with Crippen molar-refractivity contribution >= 4 is 5.97 Å². The molecule has 3 heteroatoms. The van der Waals surface area contributed by atoms with Gasteiger partial charge >= 0.3 is 5.97 Å². The molecule has 0 aliphatic carbocycles. The second-order valence-electron chi connectivity index (χ2n) is 8.28. The Labute approximate surface area is 182 Å². The van der Waals surface area contributed by atoms with Crippen LogP contribution in [0.15, 0.2) is 48.5 Å². The Morgan fingerprint density at radius 1 is 0.800 bits per heavy atom. The minimum Gasteiger partial charge on any atom is -0.493 e. The van der Waals surface area contributed by atoms with Crippen LogP contribution in [0.4, 0.5) is 0 Å². The van der Waals surface area contributed by atoms with Gasteiger partial charge < -0.3 is 9.47 Å². The number of hydrogen-bond acceptors (Lipinski definition) is 3. The lowest BCUT2D eigenvalue weighted by atomic mass is 10.0. The standard InChI is InChI=1S/C27H38O3/c1-4-6-8-10-11-22(3)21-29-25-19-15-24(16-20-25)27(28)30-26-17-13-23(14-18-26)12-9-7-5-2/h13-20,22H,4-12,21H2,1-3H3. The third kappa shape index (κ3) is 9.02. The van der Waals surface area contributed by atoms with Crippen LogP contribution in [0.25, 0.3) is 0 Å². The summed E-state index contributed by atoms with van der Waals surface area (Å²) in [6, 6.07) is 15.0. The first kappa shape index (κ1) is 24.0. The van der Waals surface area contributed by atoms with Crippen LogP contribution in [0.1, 0.15) is 88.1 Å². The van der Waals surface area contributed by atoms with Crippen LogP contribution in [-0.4, -0.2) is 12.6 Å². The molecule has 3 nitrogen and oxygen atoms in total. The summed E-state index contributed by atoms with van der Waals surface area (Å²) in [7, 11) is 0. The van der Waals surface area contributed by atoms with Crippen molar-refractivity contribution in [1.82, 2.24) is 0 Å². The third-order valence-electron chi connectivity index (χ3n) is 5.38. The van der Waals surface area contributed by atoms with Gasteiger partial charge in [-0.05, 0) is 67.1 Å². The lowest BCUT2D eigenvalue weighted by Crippen LogP contribution is -2.10. The Bertz CT molecular complexity index is 719. The molecule has 0 radical (unpaired) electrons. The van der Waals surface area contributed by atoms with E-state index >= 15 is 0 Å². The second-order valence-corrected chi connectivity index (χ2v) is 8.28. The monoisotopic (exact) mass is 410 g/mol. The fourth-order valence-electron chi connectivity index (χ4n) is 3.40. The van der Waals surface area contributed by atoms with E-state index in [0.29, 0.717) is 23.8 Å². The van der Waals surface area contributed by atoms with Crippen LogP contribution in [0.2, 0.25) is 0 Å². The first-order chi connectivity index (χ1) is 14.6. The number of hydrogen-bond donors (Lipinski definition) is 0. The summed E-state index contributed by atoms with van der Waals surface area (Å²) in [5.74, 6) is 1.57. The molecule has 2 aromatic rings. The number of esters is 1. The zero-order valence-corrected chi connectivity index (χ0v) is 19.0. The maximum Gasteiger partial charge on any atom is 0.343 e. The molecule has 2 aromatic carbocycles. The molecule has 0 aliphatic heterocycles. The predicted molar refractivity (Wildman–Crippen MR) is 124 cm³/mol. The highest BCUT2D eigenvalue weighted by Gasteiger charge is 2.10. The van der Waals surface area contributed by atoms with Gasteiger partial charge in [-0.1, -0.05) is 71.4 Å². The fraction of sp³-hybridized carbons (Fsp3) is 0.519. The summed E-state index contributed by atoms with van der Waals surface area (Å²) in [6.45, 7) is 7.38. The van der Waals surface area contributed by atoms with Crippen molar-refractivity contribution in [3.8, 4) is 11.5 Å². The van der Waals surface area contributed by atoms with Crippen LogP contribution in [0.3, 0.4) is 0 Å². The lowest BCUT2D eigenvalue weighted by molar-refractivity contribution is 0.0734. The highest BCUT2D eigenvalue weighted by molar-refractivity contribution is 5.91. The van der Waals surface area contributed by atoms with Gasteiger partial charge in [-0.3, -0.25) is 0 Å². The predicted octanol–water partition coefficient (Wildman–Crippen LogP) is 7.62. The normalized spacial score (nSPS) is 11.8. The maximum atomic E-state index is 12.4. The number of rotatable bonds is 14. The van der Waals surface area contributed by atoms with Gasteiger partial charge in [0.05, 0.1) is 12.2 Å². The topological polar surface area (TPSA) is 35.5 Å². The SMILES string of the molecule is CCCCCCC(C)COc1ccc(C(=O)Oc2ccc(CCCCC)cc2)cc1. The molecule has 0 fully saturated rings. The van der Waals surface area contributed by atoms with Crippen molar-refractivity contribution in [2.45, 2.75) is 78.6 Å². The van der Waals surface area contributed by atoms with E-state index in [2.05, 4.69) is 20.8 Å². The molecule has 0 spiro atoms. The van der Waals surface area contributed by atoms with Crippen molar-refractivity contribution in [2.24, 2.45) is 5.92 Å². The van der Waals surface area contributed by atoms with Gasteiger partial charge in [-0.2, -0.15) is 0 Å². The van der Waals surface area contributed by atoms with Crippen molar-refractivity contribution in [2.75, 3.05) is 6.61 Å². The molecule has 2 rings (SSSR count). The van der Waals surface area contributed by atoms with Gasteiger partial charge in [-0.25, -0.2) is 4.79 Å². The number of carbonyl (C=O) groups excluding carboxylic acids is 1. The Hall–Kier alpha value is -2.29. The van der Waals surface area contributed by atoms with Crippen molar-refractivity contribution in [3.05, 3.63) is 59.7 Å². The smallest absolute Gasteiger partial charge is 0.343 e. The number of carbonyl (C=O) groups is 1. The Balaban J connectivity index is 1.76. The van der Waals surface area contributed by atoms with Gasteiger partial charge in [0.1, 0.15) is 11.5 Å². The minimum absolute atomic E-state index is 0.343. The largest absolute Gasteiger partial charge is 0.493 e. The summed E-state index contributed by atoms with van der Waals surface area (Å²) in [4.78, 5) is 12.4. The van der Waals surface area contributed by atoms with Crippen LogP contribution in [-0.2, 0) is 6.42 Å². The van der Waals surface area contributed by atoms with Gasteiger partial charge in [0.2, 0.25) is 0 Å². The van der Waals surface area contributed by atoms with Crippen LogP contribution in [0, 0.1) is 5.92 Å². The summed E-state index contributed by atoms with van der Waals surface area (Å²) >= 11 is 0. The average molecular weight is 411 g/mol. The third-order valence-corrected chi connectivity index (χ3v) is 5.38. The van der Waals surface area contributed by atoms with E-state index in [1.807, 2.05) is 36.4 Å². The molecule has 0 bridgehead atoms. The number of benzene rings is 2. The minimum atomic E-state index is -0.343. The molecule has 1 unspecified atom stereocenters. The first-order valence-corrected chi connectivity index (χ1v) is 11.7. The molecule has 1 atom stereocenters. The van der Waals surface area contributed by atoms with E-state index < -0.39 is 0 Å². The van der Waals surface area contributed by atoms with E-state index in [1.54, 1.807) is 12.1 Å². The van der Waals surface area contributed by atoms with E-state index in [0.717, 1.165) is 12.2 Å². The molecular formula is C27H38O3. The molecular weight excluding hydrogens is 372 g/mol. The first-order valence-electron chi connectivity index (χ1n) is 11.7. The molecule has 30 heavy (non-hydrogen) atoms. The quantitative estimate of drug-likeness (QED) is 0.182.